The summed E-state index contributed by atoms with van der Waals surface area (Å²) in [5.41, 5.74) is 0.989. The summed E-state index contributed by atoms with van der Waals surface area (Å²) in [5.74, 6) is 0.374. The Balaban J connectivity index is 2.01. The van der Waals surface area contributed by atoms with Crippen molar-refractivity contribution in [3.8, 4) is 5.75 Å². The second kappa shape index (κ2) is 6.55. The predicted octanol–water partition coefficient (Wildman–Crippen LogP) is 2.59. The van der Waals surface area contributed by atoms with Crippen LogP contribution in [0.25, 0.3) is 10.8 Å². The van der Waals surface area contributed by atoms with Gasteiger partial charge in [-0.2, -0.15) is 0 Å². The Morgan fingerprint density at radius 1 is 1.11 bits per heavy atom. The normalized spacial score (nSPS) is 11.3. The molecule has 0 aliphatic rings. The predicted molar refractivity (Wildman–Crippen MR) is 80.5 cm³/mol. The molecule has 2 aromatic rings. The average Bonchev–Trinajstić information content (AvgIpc) is 2.40. The van der Waals surface area contributed by atoms with E-state index in [1.165, 1.54) is 5.39 Å². The van der Waals surface area contributed by atoms with Crippen molar-refractivity contribution in [3.63, 3.8) is 0 Å². The molecule has 0 aromatic heterocycles. The molecule has 0 atom stereocenters. The van der Waals surface area contributed by atoms with Crippen LogP contribution < -0.4 is 5.32 Å². The summed E-state index contributed by atoms with van der Waals surface area (Å²) in [4.78, 5) is 2.18. The standard InChI is InChI=1S/C16H22N2O/c1-18(2)11-5-10-17-12-15-14-7-4-3-6-13(14)8-9-16(15)19/h3-4,6-9,17,19H,5,10-12H2,1-2H3. The molecule has 0 spiro atoms. The van der Waals surface area contributed by atoms with Gasteiger partial charge in [0.15, 0.2) is 0 Å². The van der Waals surface area contributed by atoms with Gasteiger partial charge in [0.2, 0.25) is 0 Å². The Morgan fingerprint density at radius 3 is 2.68 bits per heavy atom. The van der Waals surface area contributed by atoms with Crippen molar-refractivity contribution >= 4 is 10.8 Å². The minimum Gasteiger partial charge on any atom is -0.508 e. The lowest BCUT2D eigenvalue weighted by Crippen LogP contribution is -2.21. The Labute approximate surface area is 114 Å². The molecule has 2 rings (SSSR count). The van der Waals surface area contributed by atoms with Crippen molar-refractivity contribution in [1.29, 1.82) is 0 Å². The van der Waals surface area contributed by atoms with Crippen molar-refractivity contribution in [2.24, 2.45) is 0 Å². The molecule has 2 N–H and O–H groups in total. The highest BCUT2D eigenvalue weighted by molar-refractivity contribution is 5.87. The molecule has 0 bridgehead atoms. The molecule has 0 amide bonds. The van der Waals surface area contributed by atoms with Gasteiger partial charge < -0.3 is 15.3 Å². The van der Waals surface area contributed by atoms with Crippen LogP contribution in [0.3, 0.4) is 0 Å². The molecule has 3 heteroatoms. The van der Waals surface area contributed by atoms with Crippen LogP contribution in [-0.4, -0.2) is 37.2 Å². The smallest absolute Gasteiger partial charge is 0.120 e. The van der Waals surface area contributed by atoms with Gasteiger partial charge in [0.1, 0.15) is 5.75 Å². The van der Waals surface area contributed by atoms with E-state index in [4.69, 9.17) is 0 Å². The zero-order chi connectivity index (χ0) is 13.7. The van der Waals surface area contributed by atoms with E-state index in [0.29, 0.717) is 12.3 Å². The van der Waals surface area contributed by atoms with Crippen molar-refractivity contribution in [1.82, 2.24) is 10.2 Å². The molecule has 0 aliphatic heterocycles. The van der Waals surface area contributed by atoms with Gasteiger partial charge in [-0.05, 0) is 50.4 Å². The monoisotopic (exact) mass is 258 g/mol. The number of rotatable bonds is 6. The van der Waals surface area contributed by atoms with Crippen LogP contribution in [0.15, 0.2) is 36.4 Å². The Kier molecular flexibility index (Phi) is 4.77. The number of nitrogens with one attached hydrogen (secondary N) is 1. The summed E-state index contributed by atoms with van der Waals surface area (Å²) in [6.45, 7) is 2.75. The van der Waals surface area contributed by atoms with Crippen LogP contribution >= 0.6 is 0 Å². The first-order valence-corrected chi connectivity index (χ1v) is 6.73. The lowest BCUT2D eigenvalue weighted by molar-refractivity contribution is 0.393. The topological polar surface area (TPSA) is 35.5 Å². The molecule has 19 heavy (non-hydrogen) atoms. The Hall–Kier alpha value is -1.58. The molecule has 102 valence electrons. The molecule has 0 saturated heterocycles. The highest BCUT2D eigenvalue weighted by Crippen LogP contribution is 2.26. The molecule has 0 radical (unpaired) electrons. The first-order chi connectivity index (χ1) is 9.18. The maximum Gasteiger partial charge on any atom is 0.120 e. The zero-order valence-corrected chi connectivity index (χ0v) is 11.7. The first-order valence-electron chi connectivity index (χ1n) is 6.73. The van der Waals surface area contributed by atoms with Gasteiger partial charge >= 0.3 is 0 Å². The second-order valence-corrected chi connectivity index (χ2v) is 5.12. The van der Waals surface area contributed by atoms with Gasteiger partial charge in [0.25, 0.3) is 0 Å². The molecule has 0 saturated carbocycles. The number of hydrogen-bond donors (Lipinski definition) is 2. The van der Waals surface area contributed by atoms with E-state index < -0.39 is 0 Å². The van der Waals surface area contributed by atoms with Crippen molar-refractivity contribution in [2.45, 2.75) is 13.0 Å². The van der Waals surface area contributed by atoms with Crippen LogP contribution in [0, 0.1) is 0 Å². The highest BCUT2D eigenvalue weighted by atomic mass is 16.3. The van der Waals surface area contributed by atoms with Crippen LogP contribution in [0.4, 0.5) is 0 Å². The summed E-state index contributed by atoms with van der Waals surface area (Å²) in [5, 5.41) is 15.7. The van der Waals surface area contributed by atoms with E-state index in [0.717, 1.165) is 30.5 Å². The fourth-order valence-electron chi connectivity index (χ4n) is 2.24. The molecule has 0 heterocycles. The van der Waals surface area contributed by atoms with Crippen molar-refractivity contribution < 1.29 is 5.11 Å². The number of phenolic OH excluding ortho intramolecular Hbond substituents is 1. The van der Waals surface area contributed by atoms with E-state index in [2.05, 4.69) is 36.4 Å². The minimum atomic E-state index is 0.374. The fourth-order valence-corrected chi connectivity index (χ4v) is 2.24. The minimum absolute atomic E-state index is 0.374. The van der Waals surface area contributed by atoms with E-state index in [-0.39, 0.29) is 0 Å². The van der Waals surface area contributed by atoms with Gasteiger partial charge in [0.05, 0.1) is 0 Å². The molecular weight excluding hydrogens is 236 g/mol. The summed E-state index contributed by atoms with van der Waals surface area (Å²) in [6.07, 6.45) is 1.11. The van der Waals surface area contributed by atoms with Crippen molar-refractivity contribution in [3.05, 3.63) is 42.0 Å². The molecule has 0 aliphatic carbocycles. The molecule has 3 nitrogen and oxygen atoms in total. The number of benzene rings is 2. The van der Waals surface area contributed by atoms with Gasteiger partial charge in [-0.3, -0.25) is 0 Å². The van der Waals surface area contributed by atoms with Gasteiger partial charge in [0, 0.05) is 12.1 Å². The van der Waals surface area contributed by atoms with Gasteiger partial charge in [-0.15, -0.1) is 0 Å². The number of hydrogen-bond acceptors (Lipinski definition) is 3. The van der Waals surface area contributed by atoms with Crippen LogP contribution in [-0.2, 0) is 6.54 Å². The first kappa shape index (κ1) is 13.8. The number of phenols is 1. The maximum atomic E-state index is 10.0. The fraction of sp³-hybridized carbons (Fsp3) is 0.375. The molecule has 2 aromatic carbocycles. The molecule has 0 fully saturated rings. The summed E-state index contributed by atoms with van der Waals surface area (Å²) >= 11 is 0. The summed E-state index contributed by atoms with van der Waals surface area (Å²) in [7, 11) is 4.16. The molecule has 0 unspecified atom stereocenters. The SMILES string of the molecule is CN(C)CCCNCc1c(O)ccc2ccccc12. The van der Waals surface area contributed by atoms with Crippen LogP contribution in [0.1, 0.15) is 12.0 Å². The van der Waals surface area contributed by atoms with Crippen LogP contribution in [0.5, 0.6) is 5.75 Å². The third-order valence-corrected chi connectivity index (χ3v) is 3.28. The molecular formula is C16H22N2O. The largest absolute Gasteiger partial charge is 0.508 e. The Morgan fingerprint density at radius 2 is 1.89 bits per heavy atom. The third kappa shape index (κ3) is 3.69. The van der Waals surface area contributed by atoms with E-state index in [9.17, 15) is 5.11 Å². The number of aromatic hydroxyl groups is 1. The van der Waals surface area contributed by atoms with E-state index in [1.807, 2.05) is 18.2 Å². The van der Waals surface area contributed by atoms with Gasteiger partial charge in [-0.1, -0.05) is 30.3 Å². The Bertz CT molecular complexity index is 537. The lowest BCUT2D eigenvalue weighted by Gasteiger charge is -2.12. The maximum absolute atomic E-state index is 10.0. The second-order valence-electron chi connectivity index (χ2n) is 5.12. The third-order valence-electron chi connectivity index (χ3n) is 3.28. The summed E-state index contributed by atoms with van der Waals surface area (Å²) in [6, 6.07) is 11.9. The lowest BCUT2D eigenvalue weighted by atomic mass is 10.0. The zero-order valence-electron chi connectivity index (χ0n) is 11.7. The average molecular weight is 258 g/mol. The van der Waals surface area contributed by atoms with E-state index >= 15 is 0 Å². The van der Waals surface area contributed by atoms with Gasteiger partial charge in [-0.25, -0.2) is 0 Å². The van der Waals surface area contributed by atoms with E-state index in [1.54, 1.807) is 6.07 Å². The van der Waals surface area contributed by atoms with Crippen LogP contribution in [0.2, 0.25) is 0 Å². The van der Waals surface area contributed by atoms with Crippen molar-refractivity contribution in [2.75, 3.05) is 27.2 Å². The quantitative estimate of drug-likeness (QED) is 0.782. The number of fused-ring (bicyclic) bond motifs is 1. The number of nitrogens with zero attached hydrogens (tertiary/aromatic N) is 1. The summed E-state index contributed by atoms with van der Waals surface area (Å²) < 4.78 is 0. The highest BCUT2D eigenvalue weighted by Gasteiger charge is 2.05.